The second-order valence-corrected chi connectivity index (χ2v) is 5.65. The lowest BCUT2D eigenvalue weighted by atomic mass is 10.0. The predicted octanol–water partition coefficient (Wildman–Crippen LogP) is 5.17. The van der Waals surface area contributed by atoms with Crippen molar-refractivity contribution < 1.29 is 9.13 Å². The summed E-state index contributed by atoms with van der Waals surface area (Å²) >= 11 is 9.54. The van der Waals surface area contributed by atoms with Crippen LogP contribution in [0.15, 0.2) is 42.5 Å². The quantitative estimate of drug-likeness (QED) is 0.696. The van der Waals surface area contributed by atoms with Crippen molar-refractivity contribution in [3.8, 4) is 5.75 Å². The van der Waals surface area contributed by atoms with Crippen LogP contribution in [-0.4, -0.2) is 7.11 Å². The Labute approximate surface area is 125 Å². The van der Waals surface area contributed by atoms with Crippen LogP contribution in [-0.2, 0) is 6.42 Å². The van der Waals surface area contributed by atoms with E-state index in [2.05, 4.69) is 15.9 Å². The van der Waals surface area contributed by atoms with E-state index in [4.69, 9.17) is 16.3 Å². The van der Waals surface area contributed by atoms with Crippen molar-refractivity contribution in [1.29, 1.82) is 0 Å². The van der Waals surface area contributed by atoms with Crippen molar-refractivity contribution in [2.24, 2.45) is 0 Å². The van der Waals surface area contributed by atoms with Crippen LogP contribution in [0.4, 0.5) is 4.39 Å². The number of hydrogen-bond acceptors (Lipinski definition) is 1. The summed E-state index contributed by atoms with van der Waals surface area (Å²) in [5, 5.41) is 0.179. The summed E-state index contributed by atoms with van der Waals surface area (Å²) in [6, 6.07) is 12.6. The van der Waals surface area contributed by atoms with Crippen LogP contribution < -0.4 is 4.74 Å². The van der Waals surface area contributed by atoms with Crippen LogP contribution >= 0.6 is 27.5 Å². The molecule has 0 heterocycles. The monoisotopic (exact) mass is 342 g/mol. The highest BCUT2D eigenvalue weighted by Crippen LogP contribution is 2.33. The highest BCUT2D eigenvalue weighted by molar-refractivity contribution is 9.09. The molecule has 19 heavy (non-hydrogen) atoms. The number of alkyl halides is 1. The highest BCUT2D eigenvalue weighted by Gasteiger charge is 2.14. The summed E-state index contributed by atoms with van der Waals surface area (Å²) < 4.78 is 18.5. The van der Waals surface area contributed by atoms with Crippen molar-refractivity contribution in [3.05, 3.63) is 64.4 Å². The first-order chi connectivity index (χ1) is 9.11. The van der Waals surface area contributed by atoms with Gasteiger partial charge in [0.25, 0.3) is 0 Å². The van der Waals surface area contributed by atoms with Crippen molar-refractivity contribution in [3.63, 3.8) is 0 Å². The fourth-order valence-electron chi connectivity index (χ4n) is 1.84. The third kappa shape index (κ3) is 3.48. The summed E-state index contributed by atoms with van der Waals surface area (Å²) in [7, 11) is 1.63. The largest absolute Gasteiger partial charge is 0.497 e. The summed E-state index contributed by atoms with van der Waals surface area (Å²) in [4.78, 5) is -0.0240. The topological polar surface area (TPSA) is 9.23 Å². The first-order valence-electron chi connectivity index (χ1n) is 5.82. The van der Waals surface area contributed by atoms with Gasteiger partial charge in [-0.1, -0.05) is 51.8 Å². The van der Waals surface area contributed by atoms with E-state index in [0.29, 0.717) is 0 Å². The molecule has 0 aromatic heterocycles. The van der Waals surface area contributed by atoms with Crippen LogP contribution in [0, 0.1) is 5.82 Å². The van der Waals surface area contributed by atoms with Gasteiger partial charge in [-0.2, -0.15) is 0 Å². The summed E-state index contributed by atoms with van der Waals surface area (Å²) in [6.45, 7) is 0. The van der Waals surface area contributed by atoms with Crippen LogP contribution in [0.25, 0.3) is 0 Å². The Bertz CT molecular complexity index is 557. The number of methoxy groups -OCH3 is 1. The van der Waals surface area contributed by atoms with Gasteiger partial charge in [-0.05, 0) is 35.7 Å². The van der Waals surface area contributed by atoms with E-state index in [9.17, 15) is 4.39 Å². The molecule has 1 unspecified atom stereocenters. The van der Waals surface area contributed by atoms with E-state index >= 15 is 0 Å². The Kier molecular flexibility index (Phi) is 4.83. The second kappa shape index (κ2) is 6.40. The Morgan fingerprint density at radius 3 is 2.53 bits per heavy atom. The molecule has 0 N–H and O–H groups in total. The molecule has 1 nitrogen and oxygen atoms in total. The Hall–Kier alpha value is -1.06. The van der Waals surface area contributed by atoms with Gasteiger partial charge in [0.2, 0.25) is 0 Å². The van der Waals surface area contributed by atoms with Gasteiger partial charge in [-0.3, -0.25) is 0 Å². The van der Waals surface area contributed by atoms with Gasteiger partial charge in [-0.25, -0.2) is 4.39 Å². The molecule has 100 valence electrons. The SMILES string of the molecule is COc1ccc(CC(Br)c2cccc(F)c2Cl)cc1. The molecule has 0 aliphatic carbocycles. The Morgan fingerprint density at radius 1 is 1.21 bits per heavy atom. The number of ether oxygens (including phenoxy) is 1. The zero-order valence-corrected chi connectivity index (χ0v) is 12.7. The maximum absolute atomic E-state index is 13.4. The minimum atomic E-state index is -0.390. The van der Waals surface area contributed by atoms with E-state index in [-0.39, 0.29) is 9.85 Å². The van der Waals surface area contributed by atoms with Gasteiger partial charge < -0.3 is 4.74 Å². The van der Waals surface area contributed by atoms with Crippen molar-refractivity contribution in [2.75, 3.05) is 7.11 Å². The Morgan fingerprint density at radius 2 is 1.89 bits per heavy atom. The van der Waals surface area contributed by atoms with Crippen LogP contribution in [0.5, 0.6) is 5.75 Å². The molecule has 0 bridgehead atoms. The van der Waals surface area contributed by atoms with Gasteiger partial charge in [0.05, 0.1) is 12.1 Å². The molecule has 2 aromatic carbocycles. The van der Waals surface area contributed by atoms with Crippen molar-refractivity contribution in [1.82, 2.24) is 0 Å². The molecule has 0 aliphatic rings. The number of benzene rings is 2. The highest BCUT2D eigenvalue weighted by atomic mass is 79.9. The maximum Gasteiger partial charge on any atom is 0.142 e. The normalized spacial score (nSPS) is 12.2. The van der Waals surface area contributed by atoms with Crippen LogP contribution in [0.1, 0.15) is 16.0 Å². The average molecular weight is 344 g/mol. The molecule has 0 radical (unpaired) electrons. The van der Waals surface area contributed by atoms with Gasteiger partial charge in [0.1, 0.15) is 11.6 Å². The van der Waals surface area contributed by atoms with E-state index in [1.165, 1.54) is 6.07 Å². The fraction of sp³-hybridized carbons (Fsp3) is 0.200. The third-order valence-electron chi connectivity index (χ3n) is 2.89. The fourth-order valence-corrected chi connectivity index (χ4v) is 2.99. The summed E-state index contributed by atoms with van der Waals surface area (Å²) in [5.74, 6) is 0.428. The average Bonchev–Trinajstić information content (AvgIpc) is 2.42. The Balaban J connectivity index is 2.15. The van der Waals surface area contributed by atoms with E-state index in [0.717, 1.165) is 23.3 Å². The van der Waals surface area contributed by atoms with E-state index in [1.807, 2.05) is 30.3 Å². The predicted molar refractivity (Wildman–Crippen MR) is 79.8 cm³/mol. The molecular formula is C15H13BrClFO. The van der Waals surface area contributed by atoms with Gasteiger partial charge in [-0.15, -0.1) is 0 Å². The molecule has 2 aromatic rings. The number of rotatable bonds is 4. The summed E-state index contributed by atoms with van der Waals surface area (Å²) in [5.41, 5.74) is 1.89. The van der Waals surface area contributed by atoms with Gasteiger partial charge in [0, 0.05) is 4.83 Å². The number of hydrogen-bond donors (Lipinski definition) is 0. The molecule has 0 spiro atoms. The van der Waals surface area contributed by atoms with Crippen LogP contribution in [0.3, 0.4) is 0 Å². The maximum atomic E-state index is 13.4. The standard InChI is InChI=1S/C15H13BrClFO/c1-19-11-7-5-10(6-8-11)9-13(16)12-3-2-4-14(18)15(12)17/h2-8,13H,9H2,1H3. The zero-order valence-electron chi connectivity index (χ0n) is 10.4. The van der Waals surface area contributed by atoms with E-state index in [1.54, 1.807) is 13.2 Å². The first-order valence-corrected chi connectivity index (χ1v) is 7.12. The van der Waals surface area contributed by atoms with Gasteiger partial charge >= 0.3 is 0 Å². The zero-order chi connectivity index (χ0) is 13.8. The molecular weight excluding hydrogens is 331 g/mol. The molecule has 0 fully saturated rings. The molecule has 2 rings (SSSR count). The lowest BCUT2D eigenvalue weighted by Gasteiger charge is -2.13. The minimum absolute atomic E-state index is 0.0240. The van der Waals surface area contributed by atoms with Crippen LogP contribution in [0.2, 0.25) is 5.02 Å². The number of halogens is 3. The van der Waals surface area contributed by atoms with E-state index < -0.39 is 5.82 Å². The molecule has 0 saturated carbocycles. The van der Waals surface area contributed by atoms with Gasteiger partial charge in [0.15, 0.2) is 0 Å². The molecule has 0 aliphatic heterocycles. The van der Waals surface area contributed by atoms with Crippen molar-refractivity contribution in [2.45, 2.75) is 11.2 Å². The molecule has 0 amide bonds. The second-order valence-electron chi connectivity index (χ2n) is 4.16. The lowest BCUT2D eigenvalue weighted by molar-refractivity contribution is 0.414. The molecule has 4 heteroatoms. The third-order valence-corrected chi connectivity index (χ3v) is 4.11. The summed E-state index contributed by atoms with van der Waals surface area (Å²) in [6.07, 6.45) is 0.729. The smallest absolute Gasteiger partial charge is 0.142 e. The lowest BCUT2D eigenvalue weighted by Crippen LogP contribution is -1.98. The molecule has 1 atom stereocenters. The minimum Gasteiger partial charge on any atom is -0.497 e. The molecule has 0 saturated heterocycles. The van der Waals surface area contributed by atoms with Crippen molar-refractivity contribution >= 4 is 27.5 Å². The first kappa shape index (κ1) is 14.4.